The minimum absolute atomic E-state index is 0.120. The number of hydrogen-bond acceptors (Lipinski definition) is 7. The monoisotopic (exact) mass is 392 g/mol. The van der Waals surface area contributed by atoms with Crippen LogP contribution in [0.5, 0.6) is 0 Å². The maximum atomic E-state index is 12.2. The van der Waals surface area contributed by atoms with Crippen LogP contribution in [-0.4, -0.2) is 50.1 Å². The smallest absolute Gasteiger partial charge is 0.282 e. The van der Waals surface area contributed by atoms with Crippen molar-refractivity contribution >= 4 is 17.3 Å². The highest BCUT2D eigenvalue weighted by Gasteiger charge is 2.20. The van der Waals surface area contributed by atoms with E-state index in [2.05, 4.69) is 26.0 Å². The first-order chi connectivity index (χ1) is 13.6. The number of rotatable bonds is 15. The van der Waals surface area contributed by atoms with Crippen LogP contribution in [0.2, 0.25) is 0 Å². The van der Waals surface area contributed by atoms with Crippen molar-refractivity contribution in [2.75, 3.05) is 39.3 Å². The molecule has 0 bridgehead atoms. The van der Waals surface area contributed by atoms with Crippen LogP contribution in [-0.2, 0) is 0 Å². The molecule has 0 aliphatic rings. The number of amides is 1. The van der Waals surface area contributed by atoms with Crippen molar-refractivity contribution in [2.24, 2.45) is 10.8 Å². The van der Waals surface area contributed by atoms with Crippen molar-refractivity contribution < 1.29 is 9.72 Å². The summed E-state index contributed by atoms with van der Waals surface area (Å²) in [6, 6.07) is 3.67. The number of azide groups is 1. The van der Waals surface area contributed by atoms with Gasteiger partial charge in [0.2, 0.25) is 0 Å². The van der Waals surface area contributed by atoms with Gasteiger partial charge in [0.15, 0.2) is 0 Å². The lowest BCUT2D eigenvalue weighted by atomic mass is 10.1. The normalized spacial score (nSPS) is 10.3. The molecule has 154 valence electrons. The van der Waals surface area contributed by atoms with E-state index in [1.54, 1.807) is 0 Å². The first-order valence-electron chi connectivity index (χ1n) is 9.33. The molecule has 28 heavy (non-hydrogen) atoms. The fourth-order valence-electron chi connectivity index (χ4n) is 2.47. The molecule has 0 heterocycles. The fraction of sp³-hybridized carbons (Fsp3) is 0.588. The van der Waals surface area contributed by atoms with E-state index >= 15 is 0 Å². The van der Waals surface area contributed by atoms with Crippen molar-refractivity contribution in [2.45, 2.75) is 25.7 Å². The molecule has 0 atom stereocenters. The lowest BCUT2D eigenvalue weighted by Gasteiger charge is -2.08. The number of nitrogens with two attached hydrogens (primary N) is 1. The molecule has 1 amide bonds. The molecule has 1 aromatic rings. The topological polar surface area (TPSA) is 171 Å². The van der Waals surface area contributed by atoms with Gasteiger partial charge in [-0.15, -0.1) is 0 Å². The summed E-state index contributed by atoms with van der Waals surface area (Å²) in [5.74, 6) is -0.565. The lowest BCUT2D eigenvalue weighted by Crippen LogP contribution is -2.28. The second-order valence-corrected chi connectivity index (χ2v) is 6.11. The highest BCUT2D eigenvalue weighted by Crippen LogP contribution is 2.24. The molecule has 0 aliphatic carbocycles. The van der Waals surface area contributed by atoms with Crippen LogP contribution in [0.1, 0.15) is 36.0 Å². The van der Waals surface area contributed by atoms with Gasteiger partial charge < -0.3 is 21.7 Å². The summed E-state index contributed by atoms with van der Waals surface area (Å²) >= 11 is 0. The number of nitrogens with one attached hydrogen (secondary N) is 3. The van der Waals surface area contributed by atoms with E-state index in [0.717, 1.165) is 51.5 Å². The third-order valence-electron chi connectivity index (χ3n) is 3.91. The summed E-state index contributed by atoms with van der Waals surface area (Å²) in [5, 5.41) is 23.7. The summed E-state index contributed by atoms with van der Waals surface area (Å²) in [4.78, 5) is 25.3. The van der Waals surface area contributed by atoms with Crippen molar-refractivity contribution in [1.82, 2.24) is 16.0 Å². The average molecular weight is 392 g/mol. The van der Waals surface area contributed by atoms with E-state index in [4.69, 9.17) is 11.3 Å². The van der Waals surface area contributed by atoms with Crippen LogP contribution in [0.4, 0.5) is 11.4 Å². The Kier molecular flexibility index (Phi) is 12.0. The Bertz CT molecular complexity index is 676. The Hall–Kier alpha value is -2.72. The zero-order valence-corrected chi connectivity index (χ0v) is 15.9. The molecule has 0 aliphatic heterocycles. The van der Waals surface area contributed by atoms with Crippen molar-refractivity contribution in [3.63, 3.8) is 0 Å². The number of nitro benzene ring substituents is 1. The van der Waals surface area contributed by atoms with E-state index in [1.165, 1.54) is 12.1 Å². The molecule has 0 radical (unpaired) electrons. The van der Waals surface area contributed by atoms with Crippen molar-refractivity contribution in [1.29, 1.82) is 0 Å². The second-order valence-electron chi connectivity index (χ2n) is 6.11. The second kappa shape index (κ2) is 14.4. The van der Waals surface area contributed by atoms with Gasteiger partial charge in [-0.2, -0.15) is 0 Å². The number of carbonyl (C=O) groups is 1. The maximum absolute atomic E-state index is 12.2. The number of hydrogen-bond donors (Lipinski definition) is 4. The summed E-state index contributed by atoms with van der Waals surface area (Å²) in [7, 11) is 0. The Morgan fingerprint density at radius 2 is 1.75 bits per heavy atom. The Labute approximate surface area is 163 Å². The molecule has 0 spiro atoms. The number of unbranched alkanes of at least 4 members (excludes halogenated alkanes) is 1. The van der Waals surface area contributed by atoms with Crippen molar-refractivity contribution in [3.05, 3.63) is 44.3 Å². The summed E-state index contributed by atoms with van der Waals surface area (Å²) < 4.78 is 0. The van der Waals surface area contributed by atoms with Gasteiger partial charge in [0.05, 0.1) is 4.92 Å². The number of carbonyl (C=O) groups excluding carboxylic acids is 1. The van der Waals surface area contributed by atoms with E-state index < -0.39 is 10.8 Å². The summed E-state index contributed by atoms with van der Waals surface area (Å²) in [6.07, 6.45) is 3.83. The Balaban J connectivity index is 2.25. The predicted molar refractivity (Wildman–Crippen MR) is 107 cm³/mol. The van der Waals surface area contributed by atoms with Gasteiger partial charge in [-0.05, 0) is 76.1 Å². The fourth-order valence-corrected chi connectivity index (χ4v) is 2.47. The molecule has 0 fully saturated rings. The number of nitro groups is 1. The molecular formula is C17H28N8O3. The zero-order valence-electron chi connectivity index (χ0n) is 15.9. The van der Waals surface area contributed by atoms with Gasteiger partial charge in [-0.25, -0.2) is 0 Å². The first-order valence-corrected chi connectivity index (χ1v) is 9.33. The Morgan fingerprint density at radius 1 is 1.11 bits per heavy atom. The molecule has 11 nitrogen and oxygen atoms in total. The van der Waals surface area contributed by atoms with E-state index in [1.807, 2.05) is 0 Å². The molecule has 0 aromatic heterocycles. The van der Waals surface area contributed by atoms with Crippen molar-refractivity contribution in [3.8, 4) is 0 Å². The van der Waals surface area contributed by atoms with Gasteiger partial charge >= 0.3 is 0 Å². The van der Waals surface area contributed by atoms with E-state index in [0.29, 0.717) is 19.5 Å². The maximum Gasteiger partial charge on any atom is 0.282 e. The Morgan fingerprint density at radius 3 is 2.36 bits per heavy atom. The van der Waals surface area contributed by atoms with E-state index in [9.17, 15) is 14.9 Å². The van der Waals surface area contributed by atoms with Gasteiger partial charge in [-0.3, -0.25) is 14.9 Å². The highest BCUT2D eigenvalue weighted by molar-refractivity contribution is 5.98. The minimum Gasteiger partial charge on any atom is -0.352 e. The first kappa shape index (κ1) is 23.3. The van der Waals surface area contributed by atoms with Crippen LogP contribution >= 0.6 is 0 Å². The predicted octanol–water partition coefficient (Wildman–Crippen LogP) is 1.96. The van der Waals surface area contributed by atoms with Crippen LogP contribution in [0.3, 0.4) is 0 Å². The van der Waals surface area contributed by atoms with E-state index in [-0.39, 0.29) is 16.9 Å². The SMILES string of the molecule is [N-]=[N+]=Nc1ccc([N+](=O)[O-])c(C(=O)NCCCNCCCCNCCCN)c1. The largest absolute Gasteiger partial charge is 0.352 e. The van der Waals surface area contributed by atoms with Gasteiger partial charge in [0.1, 0.15) is 5.56 Å². The molecule has 5 N–H and O–H groups in total. The van der Waals surface area contributed by atoms with Gasteiger partial charge in [0.25, 0.3) is 11.6 Å². The minimum atomic E-state index is -0.638. The molecule has 0 unspecified atom stereocenters. The zero-order chi connectivity index (χ0) is 20.6. The molecule has 1 rings (SSSR count). The highest BCUT2D eigenvalue weighted by atomic mass is 16.6. The standard InChI is InChI=1S/C17H28N8O3/c18-7-3-10-20-8-1-2-9-21-11-4-12-22-17(26)15-13-14(23-24-19)5-6-16(15)25(27)28/h5-6,13,20-21H,1-4,7-12,18H2,(H,22,26). The lowest BCUT2D eigenvalue weighted by molar-refractivity contribution is -0.385. The number of nitrogens with zero attached hydrogens (tertiary/aromatic N) is 4. The van der Waals surface area contributed by atoms with Crippen LogP contribution in [0.15, 0.2) is 23.3 Å². The quantitative estimate of drug-likeness (QED) is 0.0887. The van der Waals surface area contributed by atoms with Gasteiger partial charge in [-0.1, -0.05) is 5.11 Å². The number of benzene rings is 1. The average Bonchev–Trinajstić information content (AvgIpc) is 2.68. The molecule has 1 aromatic carbocycles. The molecule has 0 saturated heterocycles. The van der Waals surface area contributed by atoms with Crippen LogP contribution < -0.4 is 21.7 Å². The third-order valence-corrected chi connectivity index (χ3v) is 3.91. The summed E-state index contributed by atoms with van der Waals surface area (Å²) in [5.41, 5.74) is 13.6. The van der Waals surface area contributed by atoms with Crippen LogP contribution in [0.25, 0.3) is 10.4 Å². The van der Waals surface area contributed by atoms with Gasteiger partial charge in [0, 0.05) is 23.2 Å². The molecular weight excluding hydrogens is 364 g/mol. The summed E-state index contributed by atoms with van der Waals surface area (Å²) in [6.45, 7) is 4.65. The molecule has 0 saturated carbocycles. The van der Waals surface area contributed by atoms with Crippen LogP contribution in [0, 0.1) is 10.1 Å². The third kappa shape index (κ3) is 9.28. The molecule has 11 heteroatoms.